The molecule has 0 saturated carbocycles. The van der Waals surface area contributed by atoms with Crippen molar-refractivity contribution in [3.05, 3.63) is 58.1 Å². The van der Waals surface area contributed by atoms with Gasteiger partial charge in [0.25, 0.3) is 0 Å². The molecule has 0 bridgehead atoms. The molecule has 0 radical (unpaired) electrons. The van der Waals surface area contributed by atoms with Gasteiger partial charge in [-0.3, -0.25) is 4.79 Å². The molecule has 0 unspecified atom stereocenters. The van der Waals surface area contributed by atoms with Crippen LogP contribution in [0.5, 0.6) is 0 Å². The number of nitrogens with one attached hydrogen (secondary N) is 2. The molecule has 4 nitrogen and oxygen atoms in total. The lowest BCUT2D eigenvalue weighted by Crippen LogP contribution is -2.19. The third-order valence-electron chi connectivity index (χ3n) is 2.70. The molecule has 0 fully saturated rings. The van der Waals surface area contributed by atoms with Crippen LogP contribution in [0.25, 0.3) is 0 Å². The van der Waals surface area contributed by atoms with Crippen molar-refractivity contribution in [2.45, 2.75) is 6.92 Å². The molecule has 0 spiro atoms. The molecular weight excluding hydrogens is 311 g/mol. The molecule has 0 aliphatic carbocycles. The smallest absolute Gasteiger partial charge is 0.308 e. The van der Waals surface area contributed by atoms with Crippen molar-refractivity contribution < 1.29 is 9.59 Å². The average Bonchev–Trinajstić information content (AvgIpc) is 2.43. The summed E-state index contributed by atoms with van der Waals surface area (Å²) in [7, 11) is 0. The Hall–Kier alpha value is -2.04. The van der Waals surface area contributed by atoms with Gasteiger partial charge in [0.2, 0.25) is 0 Å². The maximum absolute atomic E-state index is 11.9. The van der Waals surface area contributed by atoms with Crippen LogP contribution in [0.3, 0.4) is 0 Å². The summed E-state index contributed by atoms with van der Waals surface area (Å²) in [6.07, 6.45) is 0. The normalized spacial score (nSPS) is 10.0. The first-order chi connectivity index (χ1) is 9.95. The lowest BCUT2D eigenvalue weighted by Gasteiger charge is -2.09. The summed E-state index contributed by atoms with van der Waals surface area (Å²) in [5.74, 6) is -0.0662. The second kappa shape index (κ2) is 6.61. The maximum Gasteiger partial charge on any atom is 0.323 e. The first kappa shape index (κ1) is 15.4. The van der Waals surface area contributed by atoms with Gasteiger partial charge in [-0.2, -0.15) is 0 Å². The third kappa shape index (κ3) is 4.21. The van der Waals surface area contributed by atoms with Gasteiger partial charge in [-0.15, -0.1) is 0 Å². The monoisotopic (exact) mass is 322 g/mol. The van der Waals surface area contributed by atoms with E-state index in [1.54, 1.807) is 42.5 Å². The zero-order valence-electron chi connectivity index (χ0n) is 11.1. The van der Waals surface area contributed by atoms with Crippen LogP contribution in [-0.2, 0) is 0 Å². The van der Waals surface area contributed by atoms with Crippen LogP contribution >= 0.6 is 23.2 Å². The predicted octanol–water partition coefficient (Wildman–Crippen LogP) is 4.84. The van der Waals surface area contributed by atoms with Gasteiger partial charge < -0.3 is 10.6 Å². The lowest BCUT2D eigenvalue weighted by molar-refractivity contribution is 0.101. The minimum absolute atomic E-state index is 0.0662. The van der Waals surface area contributed by atoms with Crippen molar-refractivity contribution in [3.63, 3.8) is 0 Å². The van der Waals surface area contributed by atoms with E-state index in [2.05, 4.69) is 10.6 Å². The van der Waals surface area contributed by atoms with Crippen LogP contribution in [0.2, 0.25) is 10.0 Å². The van der Waals surface area contributed by atoms with E-state index in [-0.39, 0.29) is 5.78 Å². The Morgan fingerprint density at radius 2 is 1.57 bits per heavy atom. The Morgan fingerprint density at radius 3 is 2.19 bits per heavy atom. The molecule has 2 rings (SSSR count). The second-order valence-corrected chi connectivity index (χ2v) is 5.16. The van der Waals surface area contributed by atoms with E-state index in [4.69, 9.17) is 23.2 Å². The topological polar surface area (TPSA) is 58.2 Å². The number of amides is 2. The predicted molar refractivity (Wildman–Crippen MR) is 85.5 cm³/mol. The molecule has 0 atom stereocenters. The number of ketones is 1. The van der Waals surface area contributed by atoms with E-state index >= 15 is 0 Å². The molecule has 2 amide bonds. The highest BCUT2D eigenvalue weighted by molar-refractivity contribution is 6.42. The fraction of sp³-hybridized carbons (Fsp3) is 0.0667. The van der Waals surface area contributed by atoms with E-state index in [0.717, 1.165) is 0 Å². The van der Waals surface area contributed by atoms with Gasteiger partial charge in [0, 0.05) is 16.9 Å². The zero-order chi connectivity index (χ0) is 15.4. The Kier molecular flexibility index (Phi) is 4.83. The molecule has 0 aliphatic rings. The number of hydrogen-bond donors (Lipinski definition) is 2. The highest BCUT2D eigenvalue weighted by Gasteiger charge is 2.06. The number of anilines is 2. The largest absolute Gasteiger partial charge is 0.323 e. The molecule has 2 N–H and O–H groups in total. The van der Waals surface area contributed by atoms with Crippen LogP contribution in [0.15, 0.2) is 42.5 Å². The van der Waals surface area contributed by atoms with Gasteiger partial charge in [-0.05, 0) is 37.3 Å². The summed E-state index contributed by atoms with van der Waals surface area (Å²) in [6, 6.07) is 11.0. The number of halogens is 2. The molecule has 0 aliphatic heterocycles. The number of Topliss-reactive ketones (excluding diaryl/α,β-unsaturated/α-hetero) is 1. The number of benzene rings is 2. The zero-order valence-corrected chi connectivity index (χ0v) is 12.6. The van der Waals surface area contributed by atoms with Gasteiger partial charge in [-0.25, -0.2) is 4.79 Å². The molecule has 2 aromatic carbocycles. The molecule has 6 heteroatoms. The summed E-state index contributed by atoms with van der Waals surface area (Å²) >= 11 is 11.7. The Morgan fingerprint density at radius 1 is 0.905 bits per heavy atom. The van der Waals surface area contributed by atoms with Crippen LogP contribution in [-0.4, -0.2) is 11.8 Å². The number of urea groups is 1. The average molecular weight is 323 g/mol. The summed E-state index contributed by atoms with van der Waals surface area (Å²) < 4.78 is 0. The van der Waals surface area contributed by atoms with Gasteiger partial charge in [-0.1, -0.05) is 35.3 Å². The van der Waals surface area contributed by atoms with Crippen molar-refractivity contribution in [3.8, 4) is 0 Å². The Bertz CT molecular complexity index is 702. The number of carbonyl (C=O) groups is 2. The van der Waals surface area contributed by atoms with Gasteiger partial charge in [0.15, 0.2) is 5.78 Å². The first-order valence-electron chi connectivity index (χ1n) is 6.10. The van der Waals surface area contributed by atoms with E-state index in [9.17, 15) is 9.59 Å². The summed E-state index contributed by atoms with van der Waals surface area (Å²) in [6.45, 7) is 1.47. The van der Waals surface area contributed by atoms with E-state index in [1.165, 1.54) is 6.92 Å². The van der Waals surface area contributed by atoms with Crippen LogP contribution < -0.4 is 10.6 Å². The van der Waals surface area contributed by atoms with Gasteiger partial charge in [0.1, 0.15) is 0 Å². The minimum Gasteiger partial charge on any atom is -0.308 e. The SMILES string of the molecule is CC(=O)c1cccc(NC(=O)Nc2ccc(Cl)c(Cl)c2)c1. The van der Waals surface area contributed by atoms with Crippen molar-refractivity contribution in [2.24, 2.45) is 0 Å². The highest BCUT2D eigenvalue weighted by Crippen LogP contribution is 2.25. The highest BCUT2D eigenvalue weighted by atomic mass is 35.5. The molecule has 0 aromatic heterocycles. The standard InChI is InChI=1S/C15H12Cl2N2O2/c1-9(20)10-3-2-4-11(7-10)18-15(21)19-12-5-6-13(16)14(17)8-12/h2-8H,1H3,(H2,18,19,21). The van der Waals surface area contributed by atoms with E-state index in [1.807, 2.05) is 0 Å². The summed E-state index contributed by atoms with van der Waals surface area (Å²) in [5, 5.41) is 6.04. The molecule has 2 aromatic rings. The molecule has 0 heterocycles. The number of carbonyl (C=O) groups excluding carboxylic acids is 2. The minimum atomic E-state index is -0.436. The second-order valence-electron chi connectivity index (χ2n) is 4.35. The van der Waals surface area contributed by atoms with Crippen LogP contribution in [0.4, 0.5) is 16.2 Å². The van der Waals surface area contributed by atoms with Gasteiger partial charge >= 0.3 is 6.03 Å². The summed E-state index contributed by atoms with van der Waals surface area (Å²) in [5.41, 5.74) is 1.58. The van der Waals surface area contributed by atoms with E-state index in [0.29, 0.717) is 27.0 Å². The lowest BCUT2D eigenvalue weighted by atomic mass is 10.1. The molecular formula is C15H12Cl2N2O2. The van der Waals surface area contributed by atoms with Crippen molar-refractivity contribution >= 4 is 46.4 Å². The summed E-state index contributed by atoms with van der Waals surface area (Å²) in [4.78, 5) is 23.2. The fourth-order valence-corrected chi connectivity index (χ4v) is 1.98. The molecule has 108 valence electrons. The van der Waals surface area contributed by atoms with Crippen LogP contribution in [0, 0.1) is 0 Å². The van der Waals surface area contributed by atoms with Crippen molar-refractivity contribution in [2.75, 3.05) is 10.6 Å². The number of rotatable bonds is 3. The Balaban J connectivity index is 2.06. The maximum atomic E-state index is 11.9. The number of hydrogen-bond acceptors (Lipinski definition) is 2. The first-order valence-corrected chi connectivity index (χ1v) is 6.85. The van der Waals surface area contributed by atoms with Crippen LogP contribution in [0.1, 0.15) is 17.3 Å². The molecule has 0 saturated heterocycles. The van der Waals surface area contributed by atoms with E-state index < -0.39 is 6.03 Å². The third-order valence-corrected chi connectivity index (χ3v) is 3.44. The van der Waals surface area contributed by atoms with Crippen molar-refractivity contribution in [1.82, 2.24) is 0 Å². The molecule has 21 heavy (non-hydrogen) atoms. The van der Waals surface area contributed by atoms with Crippen molar-refractivity contribution in [1.29, 1.82) is 0 Å². The quantitative estimate of drug-likeness (QED) is 0.794. The van der Waals surface area contributed by atoms with Gasteiger partial charge in [0.05, 0.1) is 10.0 Å². The fourth-order valence-electron chi connectivity index (χ4n) is 1.68. The Labute approximate surface area is 132 Å².